The molecule has 1 aromatic heterocycles. The fraction of sp³-hybridized carbons (Fsp3) is 0.200. The van der Waals surface area contributed by atoms with Gasteiger partial charge in [0.25, 0.3) is 5.56 Å². The molecular weight excluding hydrogens is 246 g/mol. The van der Waals surface area contributed by atoms with Gasteiger partial charge in [-0.3, -0.25) is 9.59 Å². The van der Waals surface area contributed by atoms with Gasteiger partial charge in [0.2, 0.25) is 0 Å². The smallest absolute Gasteiger partial charge is 0.327 e. The molecule has 1 heterocycles. The molecule has 0 amide bonds. The largest absolute Gasteiger partial charge is 0.468 e. The van der Waals surface area contributed by atoms with Gasteiger partial charge in [0.15, 0.2) is 0 Å². The quantitative estimate of drug-likeness (QED) is 0.734. The molecule has 2 rings (SSSR count). The summed E-state index contributed by atoms with van der Waals surface area (Å²) >= 11 is 5.79. The van der Waals surface area contributed by atoms with Crippen LogP contribution in [0.15, 0.2) is 23.0 Å². The highest BCUT2D eigenvalue weighted by Crippen LogP contribution is 2.13. The lowest BCUT2D eigenvalue weighted by molar-refractivity contribution is -0.141. The van der Waals surface area contributed by atoms with Crippen molar-refractivity contribution >= 4 is 28.5 Å². The molecule has 1 aromatic carbocycles. The molecule has 17 heavy (non-hydrogen) atoms. The average Bonchev–Trinajstić information content (AvgIpc) is 2.33. The molecule has 0 aliphatic heterocycles. The standard InChI is InChI=1S/C10H8ClN3O3/c1-17-9(15)5-14-10(16)7-4-6(11)2-3-8(7)12-13-14/h2-4H,5H2,1H3. The molecule has 7 heteroatoms. The lowest BCUT2D eigenvalue weighted by Crippen LogP contribution is -2.28. The van der Waals surface area contributed by atoms with Crippen molar-refractivity contribution in [3.8, 4) is 0 Å². The molecule has 0 saturated heterocycles. The van der Waals surface area contributed by atoms with E-state index in [2.05, 4.69) is 15.0 Å². The highest BCUT2D eigenvalue weighted by Gasteiger charge is 2.09. The molecule has 6 nitrogen and oxygen atoms in total. The van der Waals surface area contributed by atoms with Crippen LogP contribution in [0.25, 0.3) is 10.9 Å². The van der Waals surface area contributed by atoms with Crippen LogP contribution in [0.1, 0.15) is 0 Å². The normalized spacial score (nSPS) is 10.5. The molecule has 0 aliphatic carbocycles. The minimum absolute atomic E-state index is 0.273. The molecule has 0 unspecified atom stereocenters. The van der Waals surface area contributed by atoms with Gasteiger partial charge in [-0.05, 0) is 18.2 Å². The van der Waals surface area contributed by atoms with Crippen molar-refractivity contribution in [3.63, 3.8) is 0 Å². The van der Waals surface area contributed by atoms with Gasteiger partial charge in [0.05, 0.1) is 12.5 Å². The Morgan fingerprint density at radius 1 is 1.53 bits per heavy atom. The number of carbonyl (C=O) groups excluding carboxylic acids is 1. The van der Waals surface area contributed by atoms with Crippen molar-refractivity contribution in [2.24, 2.45) is 0 Å². The molecule has 0 aliphatic rings. The first-order valence-corrected chi connectivity index (χ1v) is 5.09. The number of carbonyl (C=O) groups is 1. The molecule has 0 spiro atoms. The van der Waals surface area contributed by atoms with Gasteiger partial charge in [-0.2, -0.15) is 4.68 Å². The van der Waals surface area contributed by atoms with Gasteiger partial charge in [-0.1, -0.05) is 16.8 Å². The first kappa shape index (κ1) is 11.5. The van der Waals surface area contributed by atoms with Crippen molar-refractivity contribution in [2.45, 2.75) is 6.54 Å². The van der Waals surface area contributed by atoms with Gasteiger partial charge in [0, 0.05) is 5.02 Å². The zero-order chi connectivity index (χ0) is 12.4. The maximum Gasteiger partial charge on any atom is 0.327 e. The van der Waals surface area contributed by atoms with E-state index in [0.717, 1.165) is 4.68 Å². The summed E-state index contributed by atoms with van der Waals surface area (Å²) in [5.41, 5.74) is 0.00316. The van der Waals surface area contributed by atoms with Crippen LogP contribution in [0.2, 0.25) is 5.02 Å². The number of aromatic nitrogens is 3. The van der Waals surface area contributed by atoms with Crippen molar-refractivity contribution < 1.29 is 9.53 Å². The van der Waals surface area contributed by atoms with Crippen LogP contribution in [-0.4, -0.2) is 28.1 Å². The number of hydrogen-bond donors (Lipinski definition) is 0. The fourth-order valence-corrected chi connectivity index (χ4v) is 1.51. The van der Waals surface area contributed by atoms with E-state index in [0.29, 0.717) is 15.9 Å². The number of rotatable bonds is 2. The maximum absolute atomic E-state index is 11.9. The number of ether oxygens (including phenoxy) is 1. The Hall–Kier alpha value is -1.95. The predicted molar refractivity (Wildman–Crippen MR) is 60.8 cm³/mol. The Morgan fingerprint density at radius 3 is 3.00 bits per heavy atom. The van der Waals surface area contributed by atoms with E-state index in [-0.39, 0.29) is 6.54 Å². The van der Waals surface area contributed by atoms with Crippen LogP contribution >= 0.6 is 11.6 Å². The summed E-state index contributed by atoms with van der Waals surface area (Å²) in [5.74, 6) is -0.567. The number of hydrogen-bond acceptors (Lipinski definition) is 5. The molecule has 88 valence electrons. The zero-order valence-corrected chi connectivity index (χ0v) is 9.64. The monoisotopic (exact) mass is 253 g/mol. The Labute approximate surface area is 101 Å². The van der Waals surface area contributed by atoms with Crippen LogP contribution < -0.4 is 5.56 Å². The second-order valence-electron chi connectivity index (χ2n) is 3.29. The van der Waals surface area contributed by atoms with Crippen LogP contribution in [0.5, 0.6) is 0 Å². The average molecular weight is 254 g/mol. The molecule has 0 saturated carbocycles. The maximum atomic E-state index is 11.9. The molecule has 0 atom stereocenters. The number of esters is 1. The van der Waals surface area contributed by atoms with Crippen molar-refractivity contribution in [2.75, 3.05) is 7.11 Å². The summed E-state index contributed by atoms with van der Waals surface area (Å²) in [6.07, 6.45) is 0. The second kappa shape index (κ2) is 4.50. The minimum Gasteiger partial charge on any atom is -0.468 e. The van der Waals surface area contributed by atoms with Crippen molar-refractivity contribution in [1.82, 2.24) is 15.0 Å². The second-order valence-corrected chi connectivity index (χ2v) is 3.73. The highest BCUT2D eigenvalue weighted by atomic mass is 35.5. The Morgan fingerprint density at radius 2 is 2.29 bits per heavy atom. The van der Waals surface area contributed by atoms with E-state index in [1.165, 1.54) is 13.2 Å². The number of fused-ring (bicyclic) bond motifs is 1. The van der Waals surface area contributed by atoms with E-state index in [9.17, 15) is 9.59 Å². The Balaban J connectivity index is 2.57. The third-order valence-electron chi connectivity index (χ3n) is 2.19. The topological polar surface area (TPSA) is 74.1 Å². The first-order chi connectivity index (χ1) is 8.11. The van der Waals surface area contributed by atoms with E-state index >= 15 is 0 Å². The third kappa shape index (κ3) is 2.26. The summed E-state index contributed by atoms with van der Waals surface area (Å²) in [7, 11) is 1.23. The van der Waals surface area contributed by atoms with Crippen LogP contribution in [-0.2, 0) is 16.1 Å². The summed E-state index contributed by atoms with van der Waals surface area (Å²) in [5, 5.41) is 8.19. The molecule has 0 N–H and O–H groups in total. The highest BCUT2D eigenvalue weighted by molar-refractivity contribution is 6.31. The minimum atomic E-state index is -0.567. The lowest BCUT2D eigenvalue weighted by atomic mass is 10.2. The molecule has 0 fully saturated rings. The molecular formula is C10H8ClN3O3. The fourth-order valence-electron chi connectivity index (χ4n) is 1.34. The van der Waals surface area contributed by atoms with E-state index < -0.39 is 11.5 Å². The van der Waals surface area contributed by atoms with Crippen LogP contribution in [0, 0.1) is 0 Å². The van der Waals surface area contributed by atoms with E-state index in [1.54, 1.807) is 12.1 Å². The summed E-state index contributed by atoms with van der Waals surface area (Å²) in [4.78, 5) is 23.0. The number of benzene rings is 1. The first-order valence-electron chi connectivity index (χ1n) is 4.71. The number of methoxy groups -OCH3 is 1. The molecule has 0 bridgehead atoms. The predicted octanol–water partition coefficient (Wildman–Crippen LogP) is 0.618. The summed E-state index contributed by atoms with van der Waals surface area (Å²) in [6, 6.07) is 4.69. The van der Waals surface area contributed by atoms with Crippen molar-refractivity contribution in [1.29, 1.82) is 0 Å². The van der Waals surface area contributed by atoms with E-state index in [1.807, 2.05) is 0 Å². The third-order valence-corrected chi connectivity index (χ3v) is 2.43. The Kier molecular flexibility index (Phi) is 3.06. The van der Waals surface area contributed by atoms with Crippen LogP contribution in [0.4, 0.5) is 0 Å². The molecule has 2 aromatic rings. The van der Waals surface area contributed by atoms with E-state index in [4.69, 9.17) is 11.6 Å². The summed E-state index contributed by atoms with van der Waals surface area (Å²) < 4.78 is 5.39. The summed E-state index contributed by atoms with van der Waals surface area (Å²) in [6.45, 7) is -0.273. The number of halogens is 1. The Bertz CT molecular complexity index is 638. The van der Waals surface area contributed by atoms with Gasteiger partial charge in [0.1, 0.15) is 12.1 Å². The number of nitrogens with zero attached hydrogens (tertiary/aromatic N) is 3. The van der Waals surface area contributed by atoms with Gasteiger partial charge in [-0.25, -0.2) is 0 Å². The molecule has 0 radical (unpaired) electrons. The van der Waals surface area contributed by atoms with Gasteiger partial charge >= 0.3 is 5.97 Å². The lowest BCUT2D eigenvalue weighted by Gasteiger charge is -2.03. The zero-order valence-electron chi connectivity index (χ0n) is 8.88. The van der Waals surface area contributed by atoms with Gasteiger partial charge in [-0.15, -0.1) is 5.10 Å². The van der Waals surface area contributed by atoms with Crippen molar-refractivity contribution in [3.05, 3.63) is 33.6 Å². The van der Waals surface area contributed by atoms with Crippen LogP contribution in [0.3, 0.4) is 0 Å². The SMILES string of the molecule is COC(=O)Cn1nnc2ccc(Cl)cc2c1=O. The van der Waals surface area contributed by atoms with Gasteiger partial charge < -0.3 is 4.74 Å².